The summed E-state index contributed by atoms with van der Waals surface area (Å²) in [5, 5.41) is 7.71. The lowest BCUT2D eigenvalue weighted by Crippen LogP contribution is -2.37. The highest BCUT2D eigenvalue weighted by Crippen LogP contribution is 2.31. The van der Waals surface area contributed by atoms with Crippen LogP contribution in [0.15, 0.2) is 54.6 Å². The fraction of sp³-hybridized carbons (Fsp3) is 0.385. The van der Waals surface area contributed by atoms with Gasteiger partial charge < -0.3 is 10.1 Å². The molecule has 1 unspecified atom stereocenters. The van der Waals surface area contributed by atoms with E-state index in [0.717, 1.165) is 41.4 Å². The van der Waals surface area contributed by atoms with Gasteiger partial charge in [-0.1, -0.05) is 30.3 Å². The molecule has 1 aliphatic heterocycles. The molecule has 168 valence electrons. The van der Waals surface area contributed by atoms with Crippen molar-refractivity contribution in [2.75, 3.05) is 26.7 Å². The van der Waals surface area contributed by atoms with E-state index >= 15 is 0 Å². The first-order valence-corrected chi connectivity index (χ1v) is 11.3. The number of carbonyl (C=O) groups is 1. The fourth-order valence-electron chi connectivity index (χ4n) is 4.54. The number of hydrogen-bond donors (Lipinski definition) is 1. The number of aryl methyl sites for hydroxylation is 2. The molecule has 0 bridgehead atoms. The van der Waals surface area contributed by atoms with Gasteiger partial charge in [0.2, 0.25) is 0 Å². The number of para-hydroxylation sites is 1. The van der Waals surface area contributed by atoms with Gasteiger partial charge >= 0.3 is 0 Å². The van der Waals surface area contributed by atoms with Gasteiger partial charge in [0.15, 0.2) is 0 Å². The van der Waals surface area contributed by atoms with Crippen LogP contribution in [0.1, 0.15) is 51.8 Å². The lowest BCUT2D eigenvalue weighted by Gasteiger charge is -2.29. The standard InChI is InChI=1S/C26H32N4O2/c1-19-15-20(2)30(28-19)18-21-9-8-10-22(16-21)26(31)27-17-24(29-13-6-7-14-29)23-11-4-5-12-25(23)32-3/h4-5,8-12,15-16,24H,6-7,13-14,17-18H2,1-3H3,(H,27,31). The van der Waals surface area contributed by atoms with Gasteiger partial charge in [0.25, 0.3) is 5.91 Å². The number of benzene rings is 2. The monoisotopic (exact) mass is 432 g/mol. The second kappa shape index (κ2) is 10.0. The SMILES string of the molecule is COc1ccccc1C(CNC(=O)c1cccc(Cn2nc(C)cc2C)c1)N1CCCC1. The first-order valence-electron chi connectivity index (χ1n) is 11.3. The van der Waals surface area contributed by atoms with Crippen molar-refractivity contribution in [2.24, 2.45) is 0 Å². The number of carbonyl (C=O) groups excluding carboxylic acids is 1. The van der Waals surface area contributed by atoms with Gasteiger partial charge in [-0.15, -0.1) is 0 Å². The molecule has 1 aliphatic rings. The number of nitrogens with zero attached hydrogens (tertiary/aromatic N) is 3. The average Bonchev–Trinajstić information content (AvgIpc) is 3.44. The number of hydrogen-bond acceptors (Lipinski definition) is 4. The highest BCUT2D eigenvalue weighted by atomic mass is 16.5. The van der Waals surface area contributed by atoms with Crippen molar-refractivity contribution < 1.29 is 9.53 Å². The van der Waals surface area contributed by atoms with Crippen LogP contribution in [0, 0.1) is 13.8 Å². The molecule has 1 amide bonds. The Morgan fingerprint density at radius 3 is 2.59 bits per heavy atom. The third-order valence-electron chi connectivity index (χ3n) is 6.16. The van der Waals surface area contributed by atoms with Crippen LogP contribution < -0.4 is 10.1 Å². The number of aromatic nitrogens is 2. The fourth-order valence-corrected chi connectivity index (χ4v) is 4.54. The molecule has 1 atom stereocenters. The third kappa shape index (κ3) is 5.02. The maximum absolute atomic E-state index is 13.0. The van der Waals surface area contributed by atoms with Gasteiger partial charge in [0, 0.05) is 23.4 Å². The number of rotatable bonds is 8. The van der Waals surface area contributed by atoms with Gasteiger partial charge in [0.05, 0.1) is 25.4 Å². The molecule has 6 heteroatoms. The minimum absolute atomic E-state index is 0.0562. The topological polar surface area (TPSA) is 59.4 Å². The van der Waals surface area contributed by atoms with Crippen LogP contribution in [0.4, 0.5) is 0 Å². The number of methoxy groups -OCH3 is 1. The highest BCUT2D eigenvalue weighted by Gasteiger charge is 2.26. The molecule has 1 saturated heterocycles. The van der Waals surface area contributed by atoms with Gasteiger partial charge in [-0.05, 0) is 69.6 Å². The first kappa shape index (κ1) is 22.1. The van der Waals surface area contributed by atoms with E-state index < -0.39 is 0 Å². The van der Waals surface area contributed by atoms with E-state index in [-0.39, 0.29) is 11.9 Å². The Morgan fingerprint density at radius 2 is 1.88 bits per heavy atom. The summed E-state index contributed by atoms with van der Waals surface area (Å²) in [6.07, 6.45) is 2.38. The molecule has 2 aromatic carbocycles. The Balaban J connectivity index is 1.48. The molecule has 32 heavy (non-hydrogen) atoms. The summed E-state index contributed by atoms with van der Waals surface area (Å²) in [6.45, 7) is 7.31. The zero-order chi connectivity index (χ0) is 22.5. The van der Waals surface area contributed by atoms with Crippen molar-refractivity contribution in [3.63, 3.8) is 0 Å². The molecule has 2 heterocycles. The number of nitrogens with one attached hydrogen (secondary N) is 1. The number of likely N-dealkylation sites (tertiary alicyclic amines) is 1. The Morgan fingerprint density at radius 1 is 1.09 bits per heavy atom. The molecule has 0 spiro atoms. The first-order chi connectivity index (χ1) is 15.5. The Bertz CT molecular complexity index is 1070. The largest absolute Gasteiger partial charge is 0.496 e. The summed E-state index contributed by atoms with van der Waals surface area (Å²) in [6, 6.07) is 18.1. The van der Waals surface area contributed by atoms with Crippen LogP contribution in [0.5, 0.6) is 5.75 Å². The maximum atomic E-state index is 13.0. The highest BCUT2D eigenvalue weighted by molar-refractivity contribution is 5.94. The number of amides is 1. The van der Waals surface area contributed by atoms with Crippen molar-refractivity contribution in [1.82, 2.24) is 20.0 Å². The molecule has 0 saturated carbocycles. The summed E-state index contributed by atoms with van der Waals surface area (Å²) in [5.74, 6) is 0.810. The molecule has 1 fully saturated rings. The van der Waals surface area contributed by atoms with Crippen LogP contribution in [0.2, 0.25) is 0 Å². The van der Waals surface area contributed by atoms with Gasteiger partial charge in [-0.2, -0.15) is 5.10 Å². The van der Waals surface area contributed by atoms with Crippen molar-refractivity contribution in [3.8, 4) is 5.75 Å². The van der Waals surface area contributed by atoms with Crippen LogP contribution in [-0.4, -0.2) is 47.3 Å². The van der Waals surface area contributed by atoms with Crippen molar-refractivity contribution >= 4 is 5.91 Å². The predicted octanol–water partition coefficient (Wildman–Crippen LogP) is 4.12. The van der Waals surface area contributed by atoms with E-state index in [1.165, 1.54) is 12.8 Å². The van der Waals surface area contributed by atoms with E-state index in [0.29, 0.717) is 18.7 Å². The van der Waals surface area contributed by atoms with E-state index in [4.69, 9.17) is 4.74 Å². The normalized spacial score (nSPS) is 15.0. The molecule has 0 radical (unpaired) electrons. The molecule has 1 N–H and O–H groups in total. The minimum atomic E-state index is -0.0562. The zero-order valence-electron chi connectivity index (χ0n) is 19.2. The molecular formula is C26H32N4O2. The summed E-state index contributed by atoms with van der Waals surface area (Å²) in [7, 11) is 1.70. The lowest BCUT2D eigenvalue weighted by atomic mass is 10.0. The average molecular weight is 433 g/mol. The molecule has 3 aromatic rings. The van der Waals surface area contributed by atoms with E-state index in [2.05, 4.69) is 27.4 Å². The smallest absolute Gasteiger partial charge is 0.251 e. The quantitative estimate of drug-likeness (QED) is 0.582. The van der Waals surface area contributed by atoms with Crippen molar-refractivity contribution in [1.29, 1.82) is 0 Å². The van der Waals surface area contributed by atoms with Crippen molar-refractivity contribution in [3.05, 3.63) is 82.7 Å². The van der Waals surface area contributed by atoms with Gasteiger partial charge in [-0.3, -0.25) is 14.4 Å². The summed E-state index contributed by atoms with van der Waals surface area (Å²) < 4.78 is 7.58. The van der Waals surface area contributed by atoms with Crippen LogP contribution in [0.3, 0.4) is 0 Å². The maximum Gasteiger partial charge on any atom is 0.251 e. The summed E-state index contributed by atoms with van der Waals surface area (Å²) in [5.41, 5.74) is 4.97. The molecule has 1 aromatic heterocycles. The molecule has 4 rings (SSSR count). The molecule has 0 aliphatic carbocycles. The van der Waals surface area contributed by atoms with Crippen molar-refractivity contribution in [2.45, 2.75) is 39.3 Å². The Labute approximate surface area is 190 Å². The second-order valence-electron chi connectivity index (χ2n) is 8.50. The Kier molecular flexibility index (Phi) is 6.90. The lowest BCUT2D eigenvalue weighted by molar-refractivity contribution is 0.0937. The van der Waals surface area contributed by atoms with Gasteiger partial charge in [-0.25, -0.2) is 0 Å². The van der Waals surface area contributed by atoms with E-state index in [9.17, 15) is 4.79 Å². The molecular weight excluding hydrogens is 400 g/mol. The van der Waals surface area contributed by atoms with Crippen LogP contribution >= 0.6 is 0 Å². The zero-order valence-corrected chi connectivity index (χ0v) is 19.2. The predicted molar refractivity (Wildman–Crippen MR) is 126 cm³/mol. The van der Waals surface area contributed by atoms with Crippen LogP contribution in [-0.2, 0) is 6.54 Å². The molecule has 6 nitrogen and oxygen atoms in total. The van der Waals surface area contributed by atoms with E-state index in [1.54, 1.807) is 7.11 Å². The summed E-state index contributed by atoms with van der Waals surface area (Å²) >= 11 is 0. The third-order valence-corrected chi connectivity index (χ3v) is 6.16. The number of ether oxygens (including phenoxy) is 1. The van der Waals surface area contributed by atoms with Crippen LogP contribution in [0.25, 0.3) is 0 Å². The Hall–Kier alpha value is -3.12. The summed E-state index contributed by atoms with van der Waals surface area (Å²) in [4.78, 5) is 15.5. The minimum Gasteiger partial charge on any atom is -0.496 e. The second-order valence-corrected chi connectivity index (χ2v) is 8.50. The van der Waals surface area contributed by atoms with Gasteiger partial charge in [0.1, 0.15) is 5.75 Å². The van der Waals surface area contributed by atoms with E-state index in [1.807, 2.05) is 61.0 Å².